The predicted molar refractivity (Wildman–Crippen MR) is 138 cm³/mol. The smallest absolute Gasteiger partial charge is 0.412 e. The Morgan fingerprint density at radius 1 is 1.06 bits per heavy atom. The molecule has 3 aromatic rings. The van der Waals surface area contributed by atoms with E-state index in [1.165, 1.54) is 25.1 Å². The third-order valence-electron chi connectivity index (χ3n) is 4.96. The van der Waals surface area contributed by atoms with Crippen molar-refractivity contribution in [1.82, 2.24) is 0 Å². The van der Waals surface area contributed by atoms with Crippen molar-refractivity contribution in [2.24, 2.45) is 0 Å². The number of hydrogen-bond acceptors (Lipinski definition) is 6. The first kappa shape index (κ1) is 25.5. The normalized spacial score (nSPS) is 11.6. The van der Waals surface area contributed by atoms with Crippen molar-refractivity contribution in [3.8, 4) is 5.75 Å². The molecule has 0 saturated heterocycles. The summed E-state index contributed by atoms with van der Waals surface area (Å²) in [6.45, 7) is 1.45. The SMILES string of the molecule is CC(=O)c1ccc(NC(=O)O[C@@H](C/C=C/C(=O)Nc2ccccc2N)c2cc(Br)ccc2O)cc1. The fraction of sp³-hybridized carbons (Fsp3) is 0.115. The summed E-state index contributed by atoms with van der Waals surface area (Å²) in [5, 5.41) is 15.6. The van der Waals surface area contributed by atoms with Gasteiger partial charge in [-0.15, -0.1) is 0 Å². The molecule has 0 aromatic heterocycles. The van der Waals surface area contributed by atoms with Gasteiger partial charge in [-0.1, -0.05) is 34.1 Å². The Morgan fingerprint density at radius 2 is 1.77 bits per heavy atom. The number of para-hydroxylation sites is 2. The third-order valence-corrected chi connectivity index (χ3v) is 5.45. The number of rotatable bonds is 8. The van der Waals surface area contributed by atoms with Crippen LogP contribution in [0.25, 0.3) is 0 Å². The van der Waals surface area contributed by atoms with E-state index in [0.717, 1.165) is 0 Å². The lowest BCUT2D eigenvalue weighted by molar-refractivity contribution is -0.111. The number of amides is 2. The molecule has 9 heteroatoms. The minimum atomic E-state index is -0.894. The van der Waals surface area contributed by atoms with Crippen molar-refractivity contribution in [3.05, 3.63) is 94.5 Å². The molecule has 0 heterocycles. The predicted octanol–water partition coefficient (Wildman–Crippen LogP) is 5.81. The molecule has 2 amide bonds. The molecule has 1 atom stereocenters. The van der Waals surface area contributed by atoms with Gasteiger partial charge in [0.15, 0.2) is 5.78 Å². The molecule has 3 aromatic carbocycles. The van der Waals surface area contributed by atoms with E-state index in [0.29, 0.717) is 32.7 Å². The Bertz CT molecular complexity index is 1260. The highest BCUT2D eigenvalue weighted by molar-refractivity contribution is 9.10. The summed E-state index contributed by atoms with van der Waals surface area (Å²) < 4.78 is 6.25. The van der Waals surface area contributed by atoms with Crippen LogP contribution in [-0.4, -0.2) is 22.9 Å². The Morgan fingerprint density at radius 3 is 2.46 bits per heavy atom. The van der Waals surface area contributed by atoms with Crippen molar-refractivity contribution < 1.29 is 24.2 Å². The molecular weight excluding hydrogens is 514 g/mol. The molecule has 0 unspecified atom stereocenters. The first-order valence-corrected chi connectivity index (χ1v) is 11.4. The highest BCUT2D eigenvalue weighted by Crippen LogP contribution is 2.32. The fourth-order valence-corrected chi connectivity index (χ4v) is 3.55. The topological polar surface area (TPSA) is 131 Å². The van der Waals surface area contributed by atoms with Gasteiger partial charge in [-0.2, -0.15) is 0 Å². The van der Waals surface area contributed by atoms with Gasteiger partial charge in [-0.25, -0.2) is 4.79 Å². The molecule has 180 valence electrons. The molecule has 0 radical (unpaired) electrons. The Balaban J connectivity index is 1.71. The molecule has 0 aliphatic carbocycles. The summed E-state index contributed by atoms with van der Waals surface area (Å²) in [6, 6.07) is 18.0. The average molecular weight is 538 g/mol. The molecule has 0 aliphatic heterocycles. The van der Waals surface area contributed by atoms with Crippen LogP contribution in [0.1, 0.15) is 35.4 Å². The minimum absolute atomic E-state index is 0.0632. The van der Waals surface area contributed by atoms with Crippen LogP contribution in [0.15, 0.2) is 83.4 Å². The van der Waals surface area contributed by atoms with Crippen LogP contribution in [-0.2, 0) is 9.53 Å². The number of Topliss-reactive ketones (excluding diaryl/α,β-unsaturated/α-hetero) is 1. The molecule has 5 N–H and O–H groups in total. The maximum absolute atomic E-state index is 12.6. The number of hydrogen-bond donors (Lipinski definition) is 4. The monoisotopic (exact) mass is 537 g/mol. The standard InChI is InChI=1S/C26H24BrN3O5/c1-16(31)17-9-12-19(13-10-17)29-26(34)35-24(20-15-18(27)11-14-23(20)32)7-4-8-25(33)30-22-6-3-2-5-21(22)28/h2-6,8-15,24,32H,7,28H2,1H3,(H,29,34)(H,30,33)/b8-4+/t24-/m0/s1. The molecule has 8 nitrogen and oxygen atoms in total. The number of phenols is 1. The summed E-state index contributed by atoms with van der Waals surface area (Å²) in [5.41, 5.74) is 8.07. The van der Waals surface area contributed by atoms with E-state index in [1.54, 1.807) is 60.7 Å². The zero-order valence-electron chi connectivity index (χ0n) is 18.8. The number of carbonyl (C=O) groups is 3. The number of carbonyl (C=O) groups excluding carboxylic acids is 3. The van der Waals surface area contributed by atoms with Crippen molar-refractivity contribution in [2.75, 3.05) is 16.4 Å². The van der Waals surface area contributed by atoms with Gasteiger partial charge < -0.3 is 20.9 Å². The van der Waals surface area contributed by atoms with Gasteiger partial charge >= 0.3 is 6.09 Å². The van der Waals surface area contributed by atoms with Crippen LogP contribution >= 0.6 is 15.9 Å². The maximum Gasteiger partial charge on any atom is 0.412 e. The van der Waals surface area contributed by atoms with Crippen LogP contribution in [0, 0.1) is 0 Å². The number of halogens is 1. The second kappa shape index (κ2) is 11.8. The zero-order chi connectivity index (χ0) is 25.4. The van der Waals surface area contributed by atoms with Gasteiger partial charge in [-0.3, -0.25) is 14.9 Å². The number of nitrogen functional groups attached to an aromatic ring is 1. The summed E-state index contributed by atoms with van der Waals surface area (Å²) in [5.74, 6) is -0.558. The minimum Gasteiger partial charge on any atom is -0.508 e. The fourth-order valence-electron chi connectivity index (χ4n) is 3.17. The molecule has 0 bridgehead atoms. The Labute approximate surface area is 210 Å². The number of phenolic OH excluding ortho intramolecular Hbond substituents is 1. The van der Waals surface area contributed by atoms with Crippen LogP contribution in [0.4, 0.5) is 21.9 Å². The Kier molecular flexibility index (Phi) is 8.63. The molecule has 0 spiro atoms. The number of nitrogens with two attached hydrogens (primary N) is 1. The number of benzene rings is 3. The molecular formula is C26H24BrN3O5. The van der Waals surface area contributed by atoms with Gasteiger partial charge in [0.2, 0.25) is 5.91 Å². The summed E-state index contributed by atoms with van der Waals surface area (Å²) in [4.78, 5) is 36.3. The molecule has 0 aliphatic rings. The quantitative estimate of drug-likeness (QED) is 0.163. The maximum atomic E-state index is 12.6. The Hall–Kier alpha value is -4.11. The number of aromatic hydroxyl groups is 1. The van der Waals surface area contributed by atoms with E-state index in [1.807, 2.05) is 0 Å². The highest BCUT2D eigenvalue weighted by Gasteiger charge is 2.20. The largest absolute Gasteiger partial charge is 0.508 e. The van der Waals surface area contributed by atoms with E-state index in [-0.39, 0.29) is 18.0 Å². The summed E-state index contributed by atoms with van der Waals surface area (Å²) >= 11 is 3.35. The first-order chi connectivity index (χ1) is 16.7. The molecule has 3 rings (SSSR count). The van der Waals surface area contributed by atoms with Gasteiger partial charge in [0.1, 0.15) is 11.9 Å². The van der Waals surface area contributed by atoms with E-state index in [2.05, 4.69) is 26.6 Å². The van der Waals surface area contributed by atoms with Crippen molar-refractivity contribution in [2.45, 2.75) is 19.4 Å². The summed E-state index contributed by atoms with van der Waals surface area (Å²) in [7, 11) is 0. The van der Waals surface area contributed by atoms with Crippen LogP contribution in [0.2, 0.25) is 0 Å². The zero-order valence-corrected chi connectivity index (χ0v) is 20.4. The van der Waals surface area contributed by atoms with Gasteiger partial charge in [-0.05, 0) is 67.6 Å². The van der Waals surface area contributed by atoms with E-state index in [9.17, 15) is 19.5 Å². The van der Waals surface area contributed by atoms with Crippen LogP contribution < -0.4 is 16.4 Å². The third kappa shape index (κ3) is 7.44. The second-order valence-corrected chi connectivity index (χ2v) is 8.49. The van der Waals surface area contributed by atoms with Gasteiger partial charge in [0.25, 0.3) is 0 Å². The number of anilines is 3. The lowest BCUT2D eigenvalue weighted by Crippen LogP contribution is -2.18. The van der Waals surface area contributed by atoms with Crippen LogP contribution in [0.5, 0.6) is 5.75 Å². The van der Waals surface area contributed by atoms with Crippen molar-refractivity contribution >= 4 is 50.8 Å². The van der Waals surface area contributed by atoms with E-state index < -0.39 is 18.1 Å². The van der Waals surface area contributed by atoms with Crippen molar-refractivity contribution in [1.29, 1.82) is 0 Å². The summed E-state index contributed by atoms with van der Waals surface area (Å²) in [6.07, 6.45) is 1.29. The van der Waals surface area contributed by atoms with Gasteiger partial charge in [0, 0.05) is 27.7 Å². The number of nitrogens with one attached hydrogen (secondary N) is 2. The van der Waals surface area contributed by atoms with Crippen LogP contribution in [0.3, 0.4) is 0 Å². The average Bonchev–Trinajstić information content (AvgIpc) is 2.82. The molecule has 35 heavy (non-hydrogen) atoms. The molecule has 0 fully saturated rings. The number of ether oxygens (including phenoxy) is 1. The van der Waals surface area contributed by atoms with Gasteiger partial charge in [0.05, 0.1) is 11.4 Å². The van der Waals surface area contributed by atoms with Crippen molar-refractivity contribution in [3.63, 3.8) is 0 Å². The highest BCUT2D eigenvalue weighted by atomic mass is 79.9. The first-order valence-electron chi connectivity index (χ1n) is 10.6. The lowest BCUT2D eigenvalue weighted by atomic mass is 10.0. The lowest BCUT2D eigenvalue weighted by Gasteiger charge is -2.19. The second-order valence-electron chi connectivity index (χ2n) is 7.57. The van der Waals surface area contributed by atoms with E-state index >= 15 is 0 Å². The number of ketones is 1. The van der Waals surface area contributed by atoms with E-state index in [4.69, 9.17) is 10.5 Å². The molecule has 0 saturated carbocycles.